The number of rotatable bonds is 5. The summed E-state index contributed by atoms with van der Waals surface area (Å²) >= 11 is 0. The number of aliphatic carboxylic acids is 1. The highest BCUT2D eigenvalue weighted by Gasteiger charge is 2.40. The zero-order valence-corrected chi connectivity index (χ0v) is 14.8. The zero-order chi connectivity index (χ0) is 17.9. The molecule has 2 aliphatic carbocycles. The van der Waals surface area contributed by atoms with Crippen molar-refractivity contribution in [2.75, 3.05) is 7.11 Å². The fraction of sp³-hybridized carbons (Fsp3) is 0.600. The monoisotopic (exact) mass is 345 g/mol. The van der Waals surface area contributed by atoms with Crippen LogP contribution in [-0.4, -0.2) is 24.1 Å². The van der Waals surface area contributed by atoms with Gasteiger partial charge in [-0.25, -0.2) is 0 Å². The van der Waals surface area contributed by atoms with Crippen molar-refractivity contribution in [2.45, 2.75) is 56.9 Å². The van der Waals surface area contributed by atoms with Crippen molar-refractivity contribution in [1.29, 1.82) is 0 Å². The number of hydrogen-bond acceptors (Lipinski definition) is 3. The van der Waals surface area contributed by atoms with Crippen LogP contribution in [0.2, 0.25) is 0 Å². The number of benzene rings is 1. The highest BCUT2D eigenvalue weighted by atomic mass is 16.5. The number of carbonyl (C=O) groups is 2. The van der Waals surface area contributed by atoms with Crippen LogP contribution in [0.4, 0.5) is 0 Å². The number of amides is 1. The first-order valence-electron chi connectivity index (χ1n) is 9.23. The van der Waals surface area contributed by atoms with Gasteiger partial charge in [0.1, 0.15) is 5.75 Å². The van der Waals surface area contributed by atoms with Gasteiger partial charge in [-0.3, -0.25) is 9.59 Å². The fourth-order valence-corrected chi connectivity index (χ4v) is 4.36. The smallest absolute Gasteiger partial charge is 0.306 e. The molecule has 2 atom stereocenters. The number of carboxylic acid groups (broad SMARTS) is 1. The van der Waals surface area contributed by atoms with Gasteiger partial charge in [-0.15, -0.1) is 0 Å². The number of nitrogens with one attached hydrogen (secondary N) is 1. The van der Waals surface area contributed by atoms with Crippen LogP contribution >= 0.6 is 0 Å². The summed E-state index contributed by atoms with van der Waals surface area (Å²) in [5.41, 5.74) is 0.796. The van der Waals surface area contributed by atoms with Crippen molar-refractivity contribution < 1.29 is 19.4 Å². The summed E-state index contributed by atoms with van der Waals surface area (Å²) in [7, 11) is 1.64. The topological polar surface area (TPSA) is 75.6 Å². The first-order valence-corrected chi connectivity index (χ1v) is 9.23. The van der Waals surface area contributed by atoms with E-state index in [1.807, 2.05) is 24.3 Å². The molecule has 0 saturated heterocycles. The third-order valence-corrected chi connectivity index (χ3v) is 5.86. The Bertz CT molecular complexity index is 619. The minimum Gasteiger partial charge on any atom is -0.497 e. The van der Waals surface area contributed by atoms with Crippen LogP contribution in [0.3, 0.4) is 0 Å². The highest BCUT2D eigenvalue weighted by molar-refractivity contribution is 5.81. The van der Waals surface area contributed by atoms with Gasteiger partial charge in [0.2, 0.25) is 5.91 Å². The highest BCUT2D eigenvalue weighted by Crippen LogP contribution is 2.40. The van der Waals surface area contributed by atoms with Crippen LogP contribution in [0.15, 0.2) is 24.3 Å². The van der Waals surface area contributed by atoms with E-state index < -0.39 is 5.97 Å². The third kappa shape index (κ3) is 3.80. The van der Waals surface area contributed by atoms with Crippen molar-refractivity contribution in [2.24, 2.45) is 11.8 Å². The molecule has 2 N–H and O–H groups in total. The van der Waals surface area contributed by atoms with E-state index >= 15 is 0 Å². The molecule has 0 radical (unpaired) electrons. The van der Waals surface area contributed by atoms with Gasteiger partial charge in [-0.1, -0.05) is 31.4 Å². The van der Waals surface area contributed by atoms with Gasteiger partial charge in [-0.2, -0.15) is 0 Å². The molecule has 0 heterocycles. The molecule has 25 heavy (non-hydrogen) atoms. The summed E-state index contributed by atoms with van der Waals surface area (Å²) in [6.07, 6.45) is 6.78. The molecule has 2 unspecified atom stereocenters. The van der Waals surface area contributed by atoms with Crippen LogP contribution in [0.5, 0.6) is 5.75 Å². The number of hydrogen-bond donors (Lipinski definition) is 2. The van der Waals surface area contributed by atoms with Crippen molar-refractivity contribution in [1.82, 2.24) is 5.32 Å². The molecule has 1 aromatic carbocycles. The maximum absolute atomic E-state index is 12.9. The van der Waals surface area contributed by atoms with E-state index in [4.69, 9.17) is 4.74 Å². The molecule has 5 heteroatoms. The molecule has 1 amide bonds. The Morgan fingerprint density at radius 2 is 1.72 bits per heavy atom. The van der Waals surface area contributed by atoms with Gasteiger partial charge in [0.05, 0.1) is 18.6 Å². The molecule has 2 saturated carbocycles. The maximum atomic E-state index is 12.9. The quantitative estimate of drug-likeness (QED) is 0.857. The van der Waals surface area contributed by atoms with Crippen molar-refractivity contribution in [3.05, 3.63) is 29.8 Å². The predicted octanol–water partition coefficient (Wildman–Crippen LogP) is 3.47. The lowest BCUT2D eigenvalue weighted by molar-refractivity contribution is -0.144. The van der Waals surface area contributed by atoms with Crippen LogP contribution in [-0.2, 0) is 15.1 Å². The van der Waals surface area contributed by atoms with Crippen LogP contribution in [0.1, 0.15) is 56.9 Å². The first-order chi connectivity index (χ1) is 12.0. The van der Waals surface area contributed by atoms with E-state index in [-0.39, 0.29) is 23.3 Å². The van der Waals surface area contributed by atoms with E-state index in [0.717, 1.165) is 49.8 Å². The molecular weight excluding hydrogens is 318 g/mol. The minimum absolute atomic E-state index is 0.0173. The molecule has 2 aliphatic rings. The number of carbonyl (C=O) groups excluding carboxylic acids is 1. The Balaban J connectivity index is 1.74. The van der Waals surface area contributed by atoms with E-state index in [1.54, 1.807) is 7.11 Å². The Morgan fingerprint density at radius 1 is 1.08 bits per heavy atom. The van der Waals surface area contributed by atoms with Crippen molar-refractivity contribution in [3.63, 3.8) is 0 Å². The minimum atomic E-state index is -0.775. The number of methoxy groups -OCH3 is 1. The second-order valence-electron chi connectivity index (χ2n) is 7.41. The summed E-state index contributed by atoms with van der Waals surface area (Å²) < 4.78 is 5.23. The second-order valence-corrected chi connectivity index (χ2v) is 7.41. The summed E-state index contributed by atoms with van der Waals surface area (Å²) in [5.74, 6) is -0.526. The van der Waals surface area contributed by atoms with E-state index in [0.29, 0.717) is 12.8 Å². The van der Waals surface area contributed by atoms with E-state index in [2.05, 4.69) is 5.32 Å². The molecule has 1 aromatic rings. The lowest BCUT2D eigenvalue weighted by Crippen LogP contribution is -2.47. The SMILES string of the molecule is COc1ccc(C2(NC(=O)C3CCCC(C(=O)O)C3)CCCC2)cc1. The van der Waals surface area contributed by atoms with Gasteiger partial charge >= 0.3 is 5.97 Å². The lowest BCUT2D eigenvalue weighted by Gasteiger charge is -2.34. The predicted molar refractivity (Wildman–Crippen MR) is 94.4 cm³/mol. The molecular formula is C20H27NO4. The summed E-state index contributed by atoms with van der Waals surface area (Å²) in [6, 6.07) is 7.93. The maximum Gasteiger partial charge on any atom is 0.306 e. The fourth-order valence-electron chi connectivity index (χ4n) is 4.36. The van der Waals surface area contributed by atoms with E-state index in [1.165, 1.54) is 0 Å². The summed E-state index contributed by atoms with van der Waals surface area (Å²) in [5, 5.41) is 12.6. The van der Waals surface area contributed by atoms with E-state index in [9.17, 15) is 14.7 Å². The molecule has 2 fully saturated rings. The Labute approximate surface area is 148 Å². The average Bonchev–Trinajstić information content (AvgIpc) is 3.11. The van der Waals surface area contributed by atoms with Crippen molar-refractivity contribution >= 4 is 11.9 Å². The van der Waals surface area contributed by atoms with Gasteiger partial charge in [-0.05, 0) is 49.8 Å². The van der Waals surface area contributed by atoms with Crippen molar-refractivity contribution in [3.8, 4) is 5.75 Å². The Morgan fingerprint density at radius 3 is 2.32 bits per heavy atom. The zero-order valence-electron chi connectivity index (χ0n) is 14.8. The number of ether oxygens (including phenoxy) is 1. The first kappa shape index (κ1) is 17.8. The van der Waals surface area contributed by atoms with Gasteiger partial charge in [0.25, 0.3) is 0 Å². The largest absolute Gasteiger partial charge is 0.497 e. The molecule has 0 aromatic heterocycles. The lowest BCUT2D eigenvalue weighted by atomic mass is 9.80. The molecule has 5 nitrogen and oxygen atoms in total. The van der Waals surface area contributed by atoms with Crippen LogP contribution in [0.25, 0.3) is 0 Å². The number of carboxylic acids is 1. The Kier molecular flexibility index (Phi) is 5.30. The van der Waals surface area contributed by atoms with Gasteiger partial charge < -0.3 is 15.2 Å². The second kappa shape index (κ2) is 7.46. The summed E-state index contributed by atoms with van der Waals surface area (Å²) in [6.45, 7) is 0. The molecule has 136 valence electrons. The average molecular weight is 345 g/mol. The van der Waals surface area contributed by atoms with Gasteiger partial charge in [0, 0.05) is 5.92 Å². The molecule has 0 aliphatic heterocycles. The molecule has 0 spiro atoms. The van der Waals surface area contributed by atoms with Gasteiger partial charge in [0.15, 0.2) is 0 Å². The Hall–Kier alpha value is -2.04. The summed E-state index contributed by atoms with van der Waals surface area (Å²) in [4.78, 5) is 24.2. The van der Waals surface area contributed by atoms with Crippen LogP contribution in [0, 0.1) is 11.8 Å². The van der Waals surface area contributed by atoms with Crippen LogP contribution < -0.4 is 10.1 Å². The third-order valence-electron chi connectivity index (χ3n) is 5.86. The molecule has 0 bridgehead atoms. The standard InChI is InChI=1S/C20H27NO4/c1-25-17-9-7-16(8-10-17)20(11-2-3-12-20)21-18(22)14-5-4-6-15(13-14)19(23)24/h7-10,14-15H,2-6,11-13H2,1H3,(H,21,22)(H,23,24). The molecule has 3 rings (SSSR count). The normalized spacial score (nSPS) is 25.3.